The van der Waals surface area contributed by atoms with E-state index in [2.05, 4.69) is 20.6 Å². The molecule has 0 saturated carbocycles. The van der Waals surface area contributed by atoms with E-state index in [9.17, 15) is 19.2 Å². The van der Waals surface area contributed by atoms with Crippen LogP contribution in [0.5, 0.6) is 5.75 Å². The molecule has 0 radical (unpaired) electrons. The summed E-state index contributed by atoms with van der Waals surface area (Å²) in [7, 11) is 0. The first kappa shape index (κ1) is 20.2. The molecule has 1 unspecified atom stereocenters. The van der Waals surface area contributed by atoms with Gasteiger partial charge in [0, 0.05) is 17.3 Å². The van der Waals surface area contributed by atoms with Crippen LogP contribution in [0, 0.1) is 5.92 Å². The molecule has 1 atom stereocenters. The molecule has 3 aromatic rings. The number of aromatic nitrogens is 2. The Morgan fingerprint density at radius 2 is 2.16 bits per heavy atom. The highest BCUT2D eigenvalue weighted by Crippen LogP contribution is 2.35. The molecule has 11 heteroatoms. The van der Waals surface area contributed by atoms with Crippen LogP contribution in [0.1, 0.15) is 33.0 Å². The van der Waals surface area contributed by atoms with Crippen molar-refractivity contribution >= 4 is 45.0 Å². The summed E-state index contributed by atoms with van der Waals surface area (Å²) >= 11 is 1.37. The monoisotopic (exact) mass is 453 g/mol. The zero-order valence-electron chi connectivity index (χ0n) is 16.8. The molecular weight excluding hydrogens is 434 g/mol. The first-order valence-electron chi connectivity index (χ1n) is 10.1. The Balaban J connectivity index is 1.36. The number of benzene rings is 1. The fourth-order valence-electron chi connectivity index (χ4n) is 4.04. The van der Waals surface area contributed by atoms with Crippen LogP contribution >= 0.6 is 11.3 Å². The van der Waals surface area contributed by atoms with Crippen molar-refractivity contribution in [2.24, 2.45) is 11.7 Å². The van der Waals surface area contributed by atoms with Gasteiger partial charge >= 0.3 is 0 Å². The molecule has 2 aromatic heterocycles. The lowest BCUT2D eigenvalue weighted by molar-refractivity contribution is -0.122. The Bertz CT molecular complexity index is 1340. The van der Waals surface area contributed by atoms with Crippen LogP contribution in [0.3, 0.4) is 0 Å². The van der Waals surface area contributed by atoms with Gasteiger partial charge in [-0.1, -0.05) is 6.07 Å². The molecule has 3 amide bonds. The summed E-state index contributed by atoms with van der Waals surface area (Å²) in [6.07, 6.45) is 1.72. The molecule has 0 bridgehead atoms. The third-order valence-electron chi connectivity index (χ3n) is 5.66. The smallest absolute Gasteiger partial charge is 0.287 e. The Hall–Kier alpha value is -3.73. The molecule has 10 nitrogen and oxygen atoms in total. The maximum Gasteiger partial charge on any atom is 0.287 e. The molecule has 0 saturated heterocycles. The number of amides is 3. The predicted octanol–water partition coefficient (Wildman–Crippen LogP) is 0.836. The summed E-state index contributed by atoms with van der Waals surface area (Å²) in [5, 5.41) is 5.87. The molecule has 32 heavy (non-hydrogen) atoms. The van der Waals surface area contributed by atoms with Gasteiger partial charge in [0.05, 0.1) is 11.1 Å². The van der Waals surface area contributed by atoms with Gasteiger partial charge in [0.25, 0.3) is 17.4 Å². The fraction of sp³-hybridized carbons (Fsp3) is 0.286. The van der Waals surface area contributed by atoms with E-state index in [1.54, 1.807) is 18.2 Å². The fourth-order valence-corrected chi connectivity index (χ4v) is 5.26. The summed E-state index contributed by atoms with van der Waals surface area (Å²) < 4.78 is 5.32. The molecular formula is C21H19N5O5S. The van der Waals surface area contributed by atoms with Crippen molar-refractivity contribution in [3.63, 3.8) is 0 Å². The van der Waals surface area contributed by atoms with E-state index >= 15 is 0 Å². The Morgan fingerprint density at radius 1 is 1.31 bits per heavy atom. The standard InChI is InChI=1S/C21H19N5O5S/c22-17(28)10-2-4-14-11(6-10)16-19(29)25-18(26-21(16)32-14)20(30)23-7-9-1-3-13-12(5-9)24-15(27)8-31-13/h1,3,5,10H,2,4,6-8H2,(H2,22,28)(H,23,30)(H,24,27)(H,25,26,29). The molecule has 0 fully saturated rings. The van der Waals surface area contributed by atoms with Gasteiger partial charge in [-0.2, -0.15) is 0 Å². The second kappa shape index (κ2) is 7.75. The highest BCUT2D eigenvalue weighted by atomic mass is 32.1. The number of thiophene rings is 1. The van der Waals surface area contributed by atoms with Crippen molar-refractivity contribution in [1.82, 2.24) is 15.3 Å². The average molecular weight is 453 g/mol. The largest absolute Gasteiger partial charge is 0.482 e. The number of nitrogens with zero attached hydrogens (tertiary/aromatic N) is 1. The van der Waals surface area contributed by atoms with E-state index in [-0.39, 0.29) is 36.7 Å². The molecule has 5 N–H and O–H groups in total. The lowest BCUT2D eigenvalue weighted by atomic mass is 9.87. The number of hydrogen-bond donors (Lipinski definition) is 4. The minimum Gasteiger partial charge on any atom is -0.482 e. The minimum atomic E-state index is -0.525. The predicted molar refractivity (Wildman–Crippen MR) is 117 cm³/mol. The van der Waals surface area contributed by atoms with Crippen LogP contribution < -0.4 is 26.7 Å². The number of nitrogens with one attached hydrogen (secondary N) is 3. The summed E-state index contributed by atoms with van der Waals surface area (Å²) in [5.41, 5.74) is 7.13. The number of H-pyrrole nitrogens is 1. The SMILES string of the molecule is NC(=O)C1CCc2sc3nc(C(=O)NCc4ccc5c(c4)NC(=O)CO5)[nH]c(=O)c3c2C1. The quantitative estimate of drug-likeness (QED) is 0.458. The summed E-state index contributed by atoms with van der Waals surface area (Å²) in [5.74, 6) is -0.949. The van der Waals surface area contributed by atoms with E-state index in [0.717, 1.165) is 16.0 Å². The lowest BCUT2D eigenvalue weighted by Gasteiger charge is -2.18. The van der Waals surface area contributed by atoms with Crippen molar-refractivity contribution in [3.05, 3.63) is 50.4 Å². The second-order valence-electron chi connectivity index (χ2n) is 7.79. The molecule has 5 rings (SSSR count). The number of hydrogen-bond acceptors (Lipinski definition) is 7. The van der Waals surface area contributed by atoms with Crippen molar-refractivity contribution in [3.8, 4) is 5.75 Å². The molecule has 3 heterocycles. The number of carbonyl (C=O) groups is 3. The van der Waals surface area contributed by atoms with Gasteiger partial charge in [-0.15, -0.1) is 11.3 Å². The van der Waals surface area contributed by atoms with Crippen molar-refractivity contribution in [2.75, 3.05) is 11.9 Å². The van der Waals surface area contributed by atoms with E-state index in [1.165, 1.54) is 11.3 Å². The first-order valence-corrected chi connectivity index (χ1v) is 10.9. The highest BCUT2D eigenvalue weighted by Gasteiger charge is 2.28. The zero-order valence-corrected chi connectivity index (χ0v) is 17.6. The van der Waals surface area contributed by atoms with Gasteiger partial charge in [0.2, 0.25) is 11.7 Å². The number of anilines is 1. The number of aromatic amines is 1. The van der Waals surface area contributed by atoms with Crippen LogP contribution in [0.2, 0.25) is 0 Å². The Labute approximate surface area is 185 Å². The molecule has 1 aliphatic heterocycles. The van der Waals surface area contributed by atoms with Gasteiger partial charge in [0.15, 0.2) is 6.61 Å². The van der Waals surface area contributed by atoms with Crippen molar-refractivity contribution in [2.45, 2.75) is 25.8 Å². The average Bonchev–Trinajstić information content (AvgIpc) is 3.15. The topological polar surface area (TPSA) is 156 Å². The van der Waals surface area contributed by atoms with Crippen molar-refractivity contribution in [1.29, 1.82) is 0 Å². The van der Waals surface area contributed by atoms with Gasteiger partial charge in [0.1, 0.15) is 10.6 Å². The maximum atomic E-state index is 12.7. The number of rotatable bonds is 4. The van der Waals surface area contributed by atoms with Gasteiger partial charge in [-0.05, 0) is 42.5 Å². The second-order valence-corrected chi connectivity index (χ2v) is 8.87. The summed E-state index contributed by atoms with van der Waals surface area (Å²) in [6.45, 7) is 0.144. The highest BCUT2D eigenvalue weighted by molar-refractivity contribution is 7.18. The molecule has 164 valence electrons. The Kier molecular flexibility index (Phi) is 4.89. The van der Waals surface area contributed by atoms with Crippen LogP contribution in [0.15, 0.2) is 23.0 Å². The summed E-state index contributed by atoms with van der Waals surface area (Å²) in [4.78, 5) is 56.8. The maximum absolute atomic E-state index is 12.7. The van der Waals surface area contributed by atoms with Crippen LogP contribution in [-0.4, -0.2) is 34.3 Å². The summed E-state index contributed by atoms with van der Waals surface area (Å²) in [6, 6.07) is 5.21. The van der Waals surface area contributed by atoms with Crippen LogP contribution in [0.4, 0.5) is 5.69 Å². The van der Waals surface area contributed by atoms with E-state index in [0.29, 0.717) is 40.9 Å². The van der Waals surface area contributed by atoms with Gasteiger partial charge < -0.3 is 26.1 Å². The molecule has 0 spiro atoms. The number of fused-ring (bicyclic) bond motifs is 4. The Morgan fingerprint density at radius 3 is 2.97 bits per heavy atom. The first-order chi connectivity index (χ1) is 15.4. The number of primary amides is 1. The van der Waals surface area contributed by atoms with E-state index < -0.39 is 11.5 Å². The van der Waals surface area contributed by atoms with E-state index in [1.807, 2.05) is 0 Å². The normalized spacial score (nSPS) is 17.1. The van der Waals surface area contributed by atoms with Crippen LogP contribution in [-0.2, 0) is 29.0 Å². The lowest BCUT2D eigenvalue weighted by Crippen LogP contribution is -2.29. The van der Waals surface area contributed by atoms with Crippen molar-refractivity contribution < 1.29 is 19.1 Å². The minimum absolute atomic E-state index is 0.0278. The molecule has 1 aliphatic carbocycles. The molecule has 1 aromatic carbocycles. The molecule has 2 aliphatic rings. The number of aryl methyl sites for hydroxylation is 1. The van der Waals surface area contributed by atoms with Gasteiger partial charge in [-0.3, -0.25) is 19.2 Å². The number of nitrogens with two attached hydrogens (primary N) is 1. The van der Waals surface area contributed by atoms with E-state index in [4.69, 9.17) is 10.5 Å². The van der Waals surface area contributed by atoms with Gasteiger partial charge in [-0.25, -0.2) is 4.98 Å². The number of carbonyl (C=O) groups excluding carboxylic acids is 3. The van der Waals surface area contributed by atoms with Crippen LogP contribution in [0.25, 0.3) is 10.2 Å². The number of ether oxygens (including phenoxy) is 1. The zero-order chi connectivity index (χ0) is 22.4. The third-order valence-corrected chi connectivity index (χ3v) is 6.85. The third kappa shape index (κ3) is 3.60.